The molecular weight excluding hydrogens is 362 g/mol. The molecule has 1 N–H and O–H groups in total. The number of piperazine rings is 1. The quantitative estimate of drug-likeness (QED) is 0.741. The zero-order valence-corrected chi connectivity index (χ0v) is 16.8. The molecule has 0 saturated carbocycles. The zero-order chi connectivity index (χ0) is 20.2. The first kappa shape index (κ1) is 19.1. The molecule has 0 radical (unpaired) electrons. The summed E-state index contributed by atoms with van der Waals surface area (Å²) in [5, 5.41) is 3.32. The Bertz CT molecular complexity index is 980. The Balaban J connectivity index is 1.48. The summed E-state index contributed by atoms with van der Waals surface area (Å²) in [5.41, 5.74) is 3.53. The maximum absolute atomic E-state index is 12.7. The summed E-state index contributed by atoms with van der Waals surface area (Å²) >= 11 is 0. The highest BCUT2D eigenvalue weighted by Crippen LogP contribution is 2.22. The van der Waals surface area contributed by atoms with E-state index in [0.717, 1.165) is 48.9 Å². The third-order valence-electron chi connectivity index (χ3n) is 5.10. The molecule has 1 aliphatic rings. The van der Waals surface area contributed by atoms with Gasteiger partial charge in [0.2, 0.25) is 0 Å². The van der Waals surface area contributed by atoms with Crippen LogP contribution in [0.5, 0.6) is 0 Å². The van der Waals surface area contributed by atoms with Crippen LogP contribution in [0.3, 0.4) is 0 Å². The molecule has 2 heterocycles. The third-order valence-corrected chi connectivity index (χ3v) is 5.10. The highest BCUT2D eigenvalue weighted by atomic mass is 16.2. The van der Waals surface area contributed by atoms with Crippen molar-refractivity contribution >= 4 is 17.4 Å². The average Bonchev–Trinajstić information content (AvgIpc) is 2.74. The molecular formula is C23H25N5O. The largest absolute Gasteiger partial charge is 0.340 e. The van der Waals surface area contributed by atoms with Gasteiger partial charge < -0.3 is 15.1 Å². The number of hydrogen-bond donors (Lipinski definition) is 1. The maximum Gasteiger partial charge on any atom is 0.253 e. The topological polar surface area (TPSA) is 61.4 Å². The fourth-order valence-corrected chi connectivity index (χ4v) is 3.42. The predicted octanol–water partition coefficient (Wildman–Crippen LogP) is 3.58. The van der Waals surface area contributed by atoms with E-state index in [1.165, 1.54) is 0 Å². The lowest BCUT2D eigenvalue weighted by Gasteiger charge is -2.32. The summed E-state index contributed by atoms with van der Waals surface area (Å²) in [6.45, 7) is 5.27. The van der Waals surface area contributed by atoms with E-state index < -0.39 is 0 Å². The number of nitrogens with zero attached hydrogens (tertiary/aromatic N) is 4. The minimum Gasteiger partial charge on any atom is -0.340 e. The summed E-state index contributed by atoms with van der Waals surface area (Å²) in [5.74, 6) is 1.53. The van der Waals surface area contributed by atoms with Crippen LogP contribution >= 0.6 is 0 Å². The normalized spacial score (nSPS) is 14.6. The van der Waals surface area contributed by atoms with Gasteiger partial charge in [-0.25, -0.2) is 9.97 Å². The van der Waals surface area contributed by atoms with E-state index in [2.05, 4.69) is 27.2 Å². The van der Waals surface area contributed by atoms with Crippen molar-refractivity contribution in [2.75, 3.05) is 38.5 Å². The molecule has 6 nitrogen and oxygen atoms in total. The Morgan fingerprint density at radius 3 is 2.31 bits per heavy atom. The van der Waals surface area contributed by atoms with Gasteiger partial charge in [0, 0.05) is 49.1 Å². The van der Waals surface area contributed by atoms with E-state index in [0.29, 0.717) is 11.4 Å². The summed E-state index contributed by atoms with van der Waals surface area (Å²) in [7, 11) is 2.08. The highest BCUT2D eigenvalue weighted by molar-refractivity contribution is 5.94. The summed E-state index contributed by atoms with van der Waals surface area (Å²) in [6.07, 6.45) is 0. The van der Waals surface area contributed by atoms with Gasteiger partial charge in [0.1, 0.15) is 11.6 Å². The predicted molar refractivity (Wildman–Crippen MR) is 115 cm³/mol. The molecule has 1 aromatic heterocycles. The van der Waals surface area contributed by atoms with Gasteiger partial charge in [-0.1, -0.05) is 30.3 Å². The summed E-state index contributed by atoms with van der Waals surface area (Å²) < 4.78 is 0. The standard InChI is InChI=1S/C23H25N5O/c1-17-24-21(18-6-4-3-5-7-18)16-22(25-17)26-20-10-8-19(9-11-20)23(29)28-14-12-27(2)13-15-28/h3-11,16H,12-15H2,1-2H3,(H,24,25,26). The molecule has 3 aromatic rings. The number of aryl methyl sites for hydroxylation is 1. The van der Waals surface area contributed by atoms with E-state index in [-0.39, 0.29) is 5.91 Å². The van der Waals surface area contributed by atoms with E-state index >= 15 is 0 Å². The lowest BCUT2D eigenvalue weighted by molar-refractivity contribution is 0.0664. The molecule has 29 heavy (non-hydrogen) atoms. The number of benzene rings is 2. The SMILES string of the molecule is Cc1nc(Nc2ccc(C(=O)N3CCN(C)CC3)cc2)cc(-c2ccccc2)n1. The third kappa shape index (κ3) is 4.60. The summed E-state index contributed by atoms with van der Waals surface area (Å²) in [4.78, 5) is 25.9. The minimum atomic E-state index is 0.0916. The van der Waals surface area contributed by atoms with Crippen LogP contribution in [0.4, 0.5) is 11.5 Å². The molecule has 4 rings (SSSR count). The van der Waals surface area contributed by atoms with Crippen molar-refractivity contribution in [2.45, 2.75) is 6.92 Å². The minimum absolute atomic E-state index is 0.0916. The van der Waals surface area contributed by atoms with Crippen LogP contribution in [0.15, 0.2) is 60.7 Å². The Morgan fingerprint density at radius 2 is 1.62 bits per heavy atom. The van der Waals surface area contributed by atoms with Gasteiger partial charge in [-0.3, -0.25) is 4.79 Å². The maximum atomic E-state index is 12.7. The van der Waals surface area contributed by atoms with Crippen LogP contribution in [0.25, 0.3) is 11.3 Å². The van der Waals surface area contributed by atoms with Crippen molar-refractivity contribution in [2.24, 2.45) is 0 Å². The van der Waals surface area contributed by atoms with Crippen molar-refractivity contribution in [3.05, 3.63) is 72.1 Å². The Hall–Kier alpha value is -3.25. The van der Waals surface area contributed by atoms with Crippen molar-refractivity contribution < 1.29 is 4.79 Å². The lowest BCUT2D eigenvalue weighted by Crippen LogP contribution is -2.47. The van der Waals surface area contributed by atoms with Gasteiger partial charge >= 0.3 is 0 Å². The molecule has 0 aliphatic carbocycles. The van der Waals surface area contributed by atoms with E-state index in [9.17, 15) is 4.79 Å². The van der Waals surface area contributed by atoms with E-state index in [1.54, 1.807) is 0 Å². The number of anilines is 2. The first-order valence-electron chi connectivity index (χ1n) is 9.84. The Morgan fingerprint density at radius 1 is 0.931 bits per heavy atom. The second kappa shape index (κ2) is 8.41. The number of rotatable bonds is 4. The number of aromatic nitrogens is 2. The number of nitrogens with one attached hydrogen (secondary N) is 1. The van der Waals surface area contributed by atoms with Gasteiger partial charge in [-0.15, -0.1) is 0 Å². The van der Waals surface area contributed by atoms with Gasteiger partial charge in [-0.2, -0.15) is 0 Å². The average molecular weight is 387 g/mol. The van der Waals surface area contributed by atoms with Crippen molar-refractivity contribution in [3.8, 4) is 11.3 Å². The molecule has 1 aliphatic heterocycles. The monoisotopic (exact) mass is 387 g/mol. The molecule has 1 fully saturated rings. The molecule has 0 unspecified atom stereocenters. The Kier molecular flexibility index (Phi) is 5.53. The van der Waals surface area contributed by atoms with Gasteiger partial charge in [0.05, 0.1) is 5.69 Å². The van der Waals surface area contributed by atoms with Crippen LogP contribution in [-0.2, 0) is 0 Å². The van der Waals surface area contributed by atoms with Crippen LogP contribution in [-0.4, -0.2) is 58.9 Å². The highest BCUT2D eigenvalue weighted by Gasteiger charge is 2.20. The lowest BCUT2D eigenvalue weighted by atomic mass is 10.1. The van der Waals surface area contributed by atoms with Crippen LogP contribution in [0.1, 0.15) is 16.2 Å². The first-order chi connectivity index (χ1) is 14.1. The zero-order valence-electron chi connectivity index (χ0n) is 16.8. The second-order valence-corrected chi connectivity index (χ2v) is 7.35. The molecule has 2 aromatic carbocycles. The summed E-state index contributed by atoms with van der Waals surface area (Å²) in [6, 6.07) is 19.6. The molecule has 0 bridgehead atoms. The number of likely N-dealkylation sites (N-methyl/N-ethyl adjacent to an activating group) is 1. The number of hydrogen-bond acceptors (Lipinski definition) is 5. The molecule has 0 spiro atoms. The molecule has 1 amide bonds. The molecule has 148 valence electrons. The fraction of sp³-hybridized carbons (Fsp3) is 0.261. The van der Waals surface area contributed by atoms with Crippen molar-refractivity contribution in [1.82, 2.24) is 19.8 Å². The van der Waals surface area contributed by atoms with Gasteiger partial charge in [0.25, 0.3) is 5.91 Å². The fourth-order valence-electron chi connectivity index (χ4n) is 3.42. The van der Waals surface area contributed by atoms with Crippen molar-refractivity contribution in [1.29, 1.82) is 0 Å². The van der Waals surface area contributed by atoms with Gasteiger partial charge in [0.15, 0.2) is 0 Å². The molecule has 0 atom stereocenters. The van der Waals surface area contributed by atoms with Crippen LogP contribution in [0.2, 0.25) is 0 Å². The Labute approximate surface area is 171 Å². The number of amides is 1. The molecule has 1 saturated heterocycles. The van der Waals surface area contributed by atoms with E-state index in [1.807, 2.05) is 72.5 Å². The van der Waals surface area contributed by atoms with Crippen LogP contribution in [0, 0.1) is 6.92 Å². The molecule has 6 heteroatoms. The van der Waals surface area contributed by atoms with Crippen molar-refractivity contribution in [3.63, 3.8) is 0 Å². The van der Waals surface area contributed by atoms with E-state index in [4.69, 9.17) is 0 Å². The van der Waals surface area contributed by atoms with Gasteiger partial charge in [-0.05, 0) is 38.2 Å². The smallest absolute Gasteiger partial charge is 0.253 e. The number of carbonyl (C=O) groups is 1. The second-order valence-electron chi connectivity index (χ2n) is 7.35. The first-order valence-corrected chi connectivity index (χ1v) is 9.84. The van der Waals surface area contributed by atoms with Crippen LogP contribution < -0.4 is 5.32 Å². The number of carbonyl (C=O) groups excluding carboxylic acids is 1.